The molecule has 0 aliphatic heterocycles. The summed E-state index contributed by atoms with van der Waals surface area (Å²) in [6.07, 6.45) is 2.31. The summed E-state index contributed by atoms with van der Waals surface area (Å²) in [4.78, 5) is 11.2. The molecule has 0 saturated heterocycles. The first-order chi connectivity index (χ1) is 7.72. The number of aliphatic hydroxyl groups excluding tert-OH is 1. The smallest absolute Gasteiger partial charge is 0.339 e. The molecule has 3 heteroatoms. The van der Waals surface area contributed by atoms with Crippen molar-refractivity contribution in [3.05, 3.63) is 41.0 Å². The van der Waals surface area contributed by atoms with Crippen LogP contribution in [0.2, 0.25) is 0 Å². The number of fused-ring (bicyclic) bond motifs is 1. The van der Waals surface area contributed by atoms with Gasteiger partial charge in [0.25, 0.3) is 0 Å². The highest BCUT2D eigenvalue weighted by Gasteiger charge is 2.22. The van der Waals surface area contributed by atoms with Gasteiger partial charge in [-0.25, -0.2) is 4.79 Å². The molecule has 1 aromatic rings. The van der Waals surface area contributed by atoms with Crippen LogP contribution in [-0.4, -0.2) is 24.3 Å². The summed E-state index contributed by atoms with van der Waals surface area (Å²) in [7, 11) is 1.28. The van der Waals surface area contributed by atoms with Gasteiger partial charge in [0.2, 0.25) is 0 Å². The highest BCUT2D eigenvalue weighted by Crippen LogP contribution is 2.25. The van der Waals surface area contributed by atoms with Crippen LogP contribution in [-0.2, 0) is 16.0 Å². The van der Waals surface area contributed by atoms with E-state index in [0.29, 0.717) is 6.42 Å². The Morgan fingerprint density at radius 1 is 1.38 bits per heavy atom. The van der Waals surface area contributed by atoms with Gasteiger partial charge in [-0.1, -0.05) is 30.3 Å². The summed E-state index contributed by atoms with van der Waals surface area (Å²) in [5, 5.41) is 9.73. The lowest BCUT2D eigenvalue weighted by Gasteiger charge is -2.19. The fraction of sp³-hybridized carbons (Fsp3) is 0.308. The lowest BCUT2D eigenvalue weighted by atomic mass is 9.90. The van der Waals surface area contributed by atoms with Gasteiger partial charge in [-0.05, 0) is 29.5 Å². The average Bonchev–Trinajstić information content (AvgIpc) is 2.36. The molecule has 0 heterocycles. The molecule has 0 aromatic heterocycles. The van der Waals surface area contributed by atoms with E-state index in [1.54, 1.807) is 0 Å². The minimum absolute atomic E-state index is 0.592. The minimum Gasteiger partial charge on any atom is -0.467 e. The zero-order chi connectivity index (χ0) is 11.5. The Morgan fingerprint density at radius 3 is 2.88 bits per heavy atom. The molecule has 1 aromatic carbocycles. The first kappa shape index (κ1) is 10.9. The van der Waals surface area contributed by atoms with Gasteiger partial charge in [0.1, 0.15) is 0 Å². The second kappa shape index (κ2) is 4.49. The highest BCUT2D eigenvalue weighted by atomic mass is 16.5. The molecular weight excluding hydrogens is 204 g/mol. The third kappa shape index (κ3) is 1.99. The Bertz CT molecular complexity index is 435. The van der Waals surface area contributed by atoms with Gasteiger partial charge in [-0.3, -0.25) is 0 Å². The molecule has 0 radical (unpaired) electrons. The van der Waals surface area contributed by atoms with Gasteiger partial charge in [0, 0.05) is 0 Å². The number of aryl methyl sites for hydroxylation is 1. The first-order valence-corrected chi connectivity index (χ1v) is 5.26. The van der Waals surface area contributed by atoms with E-state index in [0.717, 1.165) is 17.6 Å². The van der Waals surface area contributed by atoms with E-state index >= 15 is 0 Å². The van der Waals surface area contributed by atoms with Crippen LogP contribution in [0.1, 0.15) is 17.5 Å². The standard InChI is InChI=1S/C13H14O3/c1-16-13(15)12(14)11-7-6-9-4-2-3-5-10(9)8-11/h2-5,8,12,14H,6-7H2,1H3. The number of aliphatic hydroxyl groups is 1. The summed E-state index contributed by atoms with van der Waals surface area (Å²) in [6.45, 7) is 0. The van der Waals surface area contributed by atoms with Crippen molar-refractivity contribution in [2.24, 2.45) is 0 Å². The van der Waals surface area contributed by atoms with E-state index in [9.17, 15) is 9.90 Å². The van der Waals surface area contributed by atoms with Crippen molar-refractivity contribution in [2.75, 3.05) is 7.11 Å². The molecule has 0 amide bonds. The van der Waals surface area contributed by atoms with Crippen molar-refractivity contribution in [1.82, 2.24) is 0 Å². The van der Waals surface area contributed by atoms with Gasteiger partial charge in [-0.2, -0.15) is 0 Å². The predicted octanol–water partition coefficient (Wildman–Crippen LogP) is 1.55. The average molecular weight is 218 g/mol. The maximum atomic E-state index is 11.2. The molecule has 1 aliphatic rings. The fourth-order valence-corrected chi connectivity index (χ4v) is 1.93. The Kier molecular flexibility index (Phi) is 3.06. The molecule has 2 rings (SSSR count). The lowest BCUT2D eigenvalue weighted by Crippen LogP contribution is -2.25. The quantitative estimate of drug-likeness (QED) is 0.766. The molecule has 1 aliphatic carbocycles. The fourth-order valence-electron chi connectivity index (χ4n) is 1.93. The Balaban J connectivity index is 2.27. The third-order valence-electron chi connectivity index (χ3n) is 2.85. The van der Waals surface area contributed by atoms with Crippen LogP contribution < -0.4 is 0 Å². The van der Waals surface area contributed by atoms with Gasteiger partial charge in [-0.15, -0.1) is 0 Å². The Morgan fingerprint density at radius 2 is 2.12 bits per heavy atom. The summed E-state index contributed by atoms with van der Waals surface area (Å²) < 4.78 is 4.52. The maximum Gasteiger partial charge on any atom is 0.339 e. The molecule has 0 fully saturated rings. The molecule has 3 nitrogen and oxygen atoms in total. The predicted molar refractivity (Wildman–Crippen MR) is 60.8 cm³/mol. The molecule has 1 unspecified atom stereocenters. The van der Waals surface area contributed by atoms with Crippen molar-refractivity contribution in [1.29, 1.82) is 0 Å². The molecule has 1 atom stereocenters. The molecule has 0 spiro atoms. The van der Waals surface area contributed by atoms with E-state index in [2.05, 4.69) is 10.8 Å². The van der Waals surface area contributed by atoms with Crippen molar-refractivity contribution >= 4 is 12.0 Å². The van der Waals surface area contributed by atoms with Gasteiger partial charge >= 0.3 is 5.97 Å². The normalized spacial score (nSPS) is 16.0. The number of carbonyl (C=O) groups is 1. The SMILES string of the molecule is COC(=O)C(O)C1=Cc2ccccc2CC1. The zero-order valence-corrected chi connectivity index (χ0v) is 9.14. The van der Waals surface area contributed by atoms with Crippen LogP contribution in [0.15, 0.2) is 29.8 Å². The lowest BCUT2D eigenvalue weighted by molar-refractivity contribution is -0.148. The van der Waals surface area contributed by atoms with Crippen molar-refractivity contribution in [2.45, 2.75) is 18.9 Å². The Labute approximate surface area is 94.4 Å². The molecule has 84 valence electrons. The summed E-state index contributed by atoms with van der Waals surface area (Å²) in [6, 6.07) is 7.99. The van der Waals surface area contributed by atoms with Gasteiger partial charge in [0.15, 0.2) is 6.10 Å². The van der Waals surface area contributed by atoms with Crippen LogP contribution in [0.5, 0.6) is 0 Å². The minimum atomic E-state index is -1.13. The van der Waals surface area contributed by atoms with Gasteiger partial charge < -0.3 is 9.84 Å². The molecule has 1 N–H and O–H groups in total. The molecule has 0 saturated carbocycles. The number of rotatable bonds is 2. The van der Waals surface area contributed by atoms with E-state index in [1.165, 1.54) is 12.7 Å². The van der Waals surface area contributed by atoms with Crippen LogP contribution in [0.4, 0.5) is 0 Å². The number of ether oxygens (including phenoxy) is 1. The topological polar surface area (TPSA) is 46.5 Å². The van der Waals surface area contributed by atoms with E-state index < -0.39 is 12.1 Å². The van der Waals surface area contributed by atoms with Crippen molar-refractivity contribution < 1.29 is 14.6 Å². The van der Waals surface area contributed by atoms with Gasteiger partial charge in [0.05, 0.1) is 7.11 Å². The number of methoxy groups -OCH3 is 1. The largest absolute Gasteiger partial charge is 0.467 e. The molecule has 0 bridgehead atoms. The van der Waals surface area contributed by atoms with Crippen LogP contribution >= 0.6 is 0 Å². The number of hydrogen-bond acceptors (Lipinski definition) is 3. The monoisotopic (exact) mass is 218 g/mol. The van der Waals surface area contributed by atoms with Crippen LogP contribution in [0, 0.1) is 0 Å². The summed E-state index contributed by atoms with van der Waals surface area (Å²) in [5.74, 6) is -0.592. The van der Waals surface area contributed by atoms with Crippen molar-refractivity contribution in [3.63, 3.8) is 0 Å². The summed E-state index contributed by atoms with van der Waals surface area (Å²) >= 11 is 0. The van der Waals surface area contributed by atoms with E-state index in [-0.39, 0.29) is 0 Å². The third-order valence-corrected chi connectivity index (χ3v) is 2.85. The number of hydrogen-bond donors (Lipinski definition) is 1. The van der Waals surface area contributed by atoms with Crippen LogP contribution in [0.3, 0.4) is 0 Å². The molecule has 16 heavy (non-hydrogen) atoms. The number of benzene rings is 1. The van der Waals surface area contributed by atoms with E-state index in [4.69, 9.17) is 0 Å². The first-order valence-electron chi connectivity index (χ1n) is 5.26. The highest BCUT2D eigenvalue weighted by molar-refractivity contribution is 5.80. The molecular formula is C13H14O3. The maximum absolute atomic E-state index is 11.2. The zero-order valence-electron chi connectivity index (χ0n) is 9.14. The van der Waals surface area contributed by atoms with Crippen LogP contribution in [0.25, 0.3) is 6.08 Å². The van der Waals surface area contributed by atoms with Crippen molar-refractivity contribution in [3.8, 4) is 0 Å². The second-order valence-electron chi connectivity index (χ2n) is 3.84. The number of carbonyl (C=O) groups excluding carboxylic acids is 1. The Hall–Kier alpha value is -1.61. The summed E-state index contributed by atoms with van der Waals surface area (Å²) in [5.41, 5.74) is 3.06. The number of esters is 1. The van der Waals surface area contributed by atoms with E-state index in [1.807, 2.05) is 24.3 Å². The second-order valence-corrected chi connectivity index (χ2v) is 3.84.